The first kappa shape index (κ1) is 20.7. The lowest BCUT2D eigenvalue weighted by Gasteiger charge is -2.14. The Morgan fingerprint density at radius 2 is 1.67 bits per heavy atom. The van der Waals surface area contributed by atoms with Gasteiger partial charge in [0.05, 0.1) is 10.8 Å². The number of carbonyl (C=O) groups excluding carboxylic acids is 3. The van der Waals surface area contributed by atoms with E-state index < -0.39 is 35.6 Å². The number of hydrogen-bond donors (Lipinski definition) is 2. The van der Waals surface area contributed by atoms with Crippen LogP contribution in [0.1, 0.15) is 24.2 Å². The predicted molar refractivity (Wildman–Crippen MR) is 109 cm³/mol. The zero-order valence-electron chi connectivity index (χ0n) is 16.3. The van der Waals surface area contributed by atoms with Crippen molar-refractivity contribution < 1.29 is 19.1 Å². The van der Waals surface area contributed by atoms with E-state index in [0.29, 0.717) is 11.3 Å². The van der Waals surface area contributed by atoms with Crippen molar-refractivity contribution in [2.24, 2.45) is 0 Å². The first-order valence-electron chi connectivity index (χ1n) is 9.09. The smallest absolute Gasteiger partial charge is 0.328 e. The fourth-order valence-corrected chi connectivity index (χ4v) is 2.81. The molecule has 9 heteroatoms. The number of aromatic amines is 1. The zero-order chi connectivity index (χ0) is 21.8. The average molecular weight is 409 g/mol. The number of fused-ring (bicyclic) bond motifs is 1. The van der Waals surface area contributed by atoms with Crippen LogP contribution in [0.15, 0.2) is 58.1 Å². The van der Waals surface area contributed by atoms with Crippen molar-refractivity contribution in [3.05, 3.63) is 74.8 Å². The number of ketones is 1. The van der Waals surface area contributed by atoms with Crippen molar-refractivity contribution in [2.45, 2.75) is 26.5 Å². The number of carbonyl (C=O) groups is 3. The van der Waals surface area contributed by atoms with Crippen LogP contribution in [0.2, 0.25) is 0 Å². The van der Waals surface area contributed by atoms with Gasteiger partial charge in [-0.1, -0.05) is 12.1 Å². The van der Waals surface area contributed by atoms with Crippen molar-refractivity contribution in [2.75, 3.05) is 5.32 Å². The highest BCUT2D eigenvalue weighted by molar-refractivity contribution is 5.97. The maximum absolute atomic E-state index is 12.4. The first-order chi connectivity index (χ1) is 14.3. The minimum atomic E-state index is -1.15. The molecule has 0 bridgehead atoms. The van der Waals surface area contributed by atoms with Crippen LogP contribution < -0.4 is 16.4 Å². The van der Waals surface area contributed by atoms with Gasteiger partial charge >= 0.3 is 5.97 Å². The van der Waals surface area contributed by atoms with E-state index in [1.807, 2.05) is 0 Å². The number of hydrogen-bond acceptors (Lipinski definition) is 6. The number of esters is 1. The van der Waals surface area contributed by atoms with E-state index in [0.717, 1.165) is 4.68 Å². The van der Waals surface area contributed by atoms with Crippen molar-refractivity contribution in [1.29, 1.82) is 0 Å². The van der Waals surface area contributed by atoms with Crippen molar-refractivity contribution >= 4 is 34.1 Å². The first-order valence-corrected chi connectivity index (χ1v) is 9.09. The Kier molecular flexibility index (Phi) is 5.91. The van der Waals surface area contributed by atoms with Crippen LogP contribution >= 0.6 is 0 Å². The third-order valence-corrected chi connectivity index (χ3v) is 4.41. The van der Waals surface area contributed by atoms with Crippen molar-refractivity contribution in [1.82, 2.24) is 9.78 Å². The number of ether oxygens (including phenoxy) is 1. The summed E-state index contributed by atoms with van der Waals surface area (Å²) in [4.78, 5) is 60.2. The van der Waals surface area contributed by atoms with Gasteiger partial charge in [0.25, 0.3) is 17.0 Å². The number of H-pyrrole nitrogens is 1. The third-order valence-electron chi connectivity index (χ3n) is 4.41. The van der Waals surface area contributed by atoms with Gasteiger partial charge in [0, 0.05) is 11.3 Å². The molecule has 30 heavy (non-hydrogen) atoms. The van der Waals surface area contributed by atoms with Crippen LogP contribution in [-0.2, 0) is 20.9 Å². The van der Waals surface area contributed by atoms with E-state index in [1.165, 1.54) is 26.0 Å². The fourth-order valence-electron chi connectivity index (χ4n) is 2.81. The Morgan fingerprint density at radius 1 is 1.03 bits per heavy atom. The van der Waals surface area contributed by atoms with E-state index in [2.05, 4.69) is 10.4 Å². The lowest BCUT2D eigenvalue weighted by molar-refractivity contribution is -0.154. The average Bonchev–Trinajstić information content (AvgIpc) is 2.72. The molecule has 1 heterocycles. The number of nitrogens with one attached hydrogen (secondary N) is 2. The summed E-state index contributed by atoms with van der Waals surface area (Å²) in [5.74, 6) is -1.55. The van der Waals surface area contributed by atoms with Gasteiger partial charge in [-0.15, -0.1) is 0 Å². The molecule has 0 radical (unpaired) electrons. The Balaban J connectivity index is 1.66. The molecule has 0 aliphatic rings. The normalized spacial score (nSPS) is 11.7. The maximum atomic E-state index is 12.4. The SMILES string of the molecule is CC(=O)c1ccc(NC(=O)C(C)OC(=O)Cn2[nH]c(=O)c3ccccc3c2=O)cc1. The molecule has 154 valence electrons. The van der Waals surface area contributed by atoms with E-state index in [1.54, 1.807) is 36.4 Å². The van der Waals surface area contributed by atoms with Crippen LogP contribution in [0.5, 0.6) is 0 Å². The molecule has 0 fully saturated rings. The van der Waals surface area contributed by atoms with Crippen molar-refractivity contribution in [3.63, 3.8) is 0 Å². The monoisotopic (exact) mass is 409 g/mol. The Bertz CT molecular complexity index is 1240. The van der Waals surface area contributed by atoms with Gasteiger partial charge in [-0.2, -0.15) is 0 Å². The summed E-state index contributed by atoms with van der Waals surface area (Å²) in [7, 11) is 0. The maximum Gasteiger partial charge on any atom is 0.328 e. The van der Waals surface area contributed by atoms with E-state index >= 15 is 0 Å². The molecular formula is C21H19N3O6. The second-order valence-electron chi connectivity index (χ2n) is 6.63. The summed E-state index contributed by atoms with van der Waals surface area (Å²) in [6.07, 6.45) is -1.15. The second kappa shape index (κ2) is 8.56. The Labute approximate surface area is 170 Å². The molecule has 0 aliphatic carbocycles. The fraction of sp³-hybridized carbons (Fsp3) is 0.190. The minimum Gasteiger partial charge on any atom is -0.451 e. The highest BCUT2D eigenvalue weighted by Gasteiger charge is 2.19. The second-order valence-corrected chi connectivity index (χ2v) is 6.63. The van der Waals surface area contributed by atoms with Gasteiger partial charge in [-0.3, -0.25) is 29.1 Å². The standard InChI is InChI=1S/C21H19N3O6/c1-12(25)14-7-9-15(10-8-14)22-19(27)13(2)30-18(26)11-24-21(29)17-6-4-3-5-16(17)20(28)23-24/h3-10,13H,11H2,1-2H3,(H,22,27)(H,23,28). The molecule has 9 nitrogen and oxygen atoms in total. The zero-order valence-corrected chi connectivity index (χ0v) is 16.3. The lowest BCUT2D eigenvalue weighted by atomic mass is 10.1. The summed E-state index contributed by atoms with van der Waals surface area (Å²) in [5.41, 5.74) is -0.132. The molecule has 3 aromatic rings. The van der Waals surface area contributed by atoms with Gasteiger partial charge in [0.1, 0.15) is 6.54 Å². The molecule has 2 aromatic carbocycles. The van der Waals surface area contributed by atoms with Crippen LogP contribution in [0.3, 0.4) is 0 Å². The third kappa shape index (κ3) is 4.52. The van der Waals surface area contributed by atoms with Crippen LogP contribution in [0, 0.1) is 0 Å². The summed E-state index contributed by atoms with van der Waals surface area (Å²) < 4.78 is 5.92. The summed E-state index contributed by atoms with van der Waals surface area (Å²) >= 11 is 0. The lowest BCUT2D eigenvalue weighted by Crippen LogP contribution is -2.35. The van der Waals surface area contributed by atoms with E-state index in [4.69, 9.17) is 4.74 Å². The van der Waals surface area contributed by atoms with E-state index in [9.17, 15) is 24.0 Å². The summed E-state index contributed by atoms with van der Waals surface area (Å²) in [5, 5.41) is 5.29. The summed E-state index contributed by atoms with van der Waals surface area (Å²) in [6, 6.07) is 12.5. The molecule has 1 atom stereocenters. The molecule has 0 saturated carbocycles. The number of amides is 1. The number of Topliss-reactive ketones (excluding diaryl/α,β-unsaturated/α-hetero) is 1. The van der Waals surface area contributed by atoms with Gasteiger partial charge in [0.2, 0.25) is 0 Å². The van der Waals surface area contributed by atoms with Gasteiger partial charge < -0.3 is 10.1 Å². The molecule has 3 rings (SSSR count). The van der Waals surface area contributed by atoms with Gasteiger partial charge in [-0.05, 0) is 50.2 Å². The molecule has 2 N–H and O–H groups in total. The van der Waals surface area contributed by atoms with Gasteiger partial charge in [0.15, 0.2) is 11.9 Å². The number of rotatable bonds is 6. The number of benzene rings is 2. The summed E-state index contributed by atoms with van der Waals surface area (Å²) in [6.45, 7) is 2.26. The molecule has 0 saturated heterocycles. The number of nitrogens with zero attached hydrogens (tertiary/aromatic N) is 1. The number of anilines is 1. The minimum absolute atomic E-state index is 0.0999. The molecule has 0 spiro atoms. The topological polar surface area (TPSA) is 127 Å². The highest BCUT2D eigenvalue weighted by atomic mass is 16.5. The quantitative estimate of drug-likeness (QED) is 0.469. The molecule has 0 aliphatic heterocycles. The van der Waals surface area contributed by atoms with Gasteiger partial charge in [-0.25, -0.2) is 4.68 Å². The van der Waals surface area contributed by atoms with Crippen LogP contribution in [-0.4, -0.2) is 33.5 Å². The molecule has 1 aromatic heterocycles. The Hall–Kier alpha value is -4.01. The molecular weight excluding hydrogens is 390 g/mol. The van der Waals surface area contributed by atoms with E-state index in [-0.39, 0.29) is 16.6 Å². The number of aromatic nitrogens is 2. The molecule has 1 amide bonds. The van der Waals surface area contributed by atoms with Crippen LogP contribution in [0.4, 0.5) is 5.69 Å². The largest absolute Gasteiger partial charge is 0.451 e. The molecule has 1 unspecified atom stereocenters. The van der Waals surface area contributed by atoms with Crippen molar-refractivity contribution in [3.8, 4) is 0 Å². The Morgan fingerprint density at radius 3 is 2.30 bits per heavy atom. The highest BCUT2D eigenvalue weighted by Crippen LogP contribution is 2.11. The van der Waals surface area contributed by atoms with Crippen LogP contribution in [0.25, 0.3) is 10.8 Å². The predicted octanol–water partition coefficient (Wildman–Crippen LogP) is 1.46.